The zero-order valence-electron chi connectivity index (χ0n) is 11.1. The molecule has 0 aliphatic heterocycles. The molecule has 6 heteroatoms. The highest BCUT2D eigenvalue weighted by Crippen LogP contribution is 2.15. The van der Waals surface area contributed by atoms with Crippen LogP contribution in [-0.4, -0.2) is 31.3 Å². The number of halogens is 1. The van der Waals surface area contributed by atoms with Crippen LogP contribution in [0.5, 0.6) is 5.75 Å². The maximum Gasteiger partial charge on any atom is 0.306 e. The van der Waals surface area contributed by atoms with Crippen molar-refractivity contribution in [3.63, 3.8) is 0 Å². The normalized spacial score (nSPS) is 9.90. The lowest BCUT2D eigenvalue weighted by Gasteiger charge is -2.06. The van der Waals surface area contributed by atoms with Crippen molar-refractivity contribution < 1.29 is 28.2 Å². The molecule has 0 heterocycles. The molecule has 0 amide bonds. The van der Waals surface area contributed by atoms with Gasteiger partial charge in [-0.2, -0.15) is 0 Å². The Bertz CT molecular complexity index is 498. The van der Waals surface area contributed by atoms with Crippen LogP contribution >= 0.6 is 0 Å². The first-order valence-corrected chi connectivity index (χ1v) is 6.11. The summed E-state index contributed by atoms with van der Waals surface area (Å²) in [5.74, 6) is -1.29. The first-order chi connectivity index (χ1) is 9.55. The lowest BCUT2D eigenvalue weighted by atomic mass is 10.2. The maximum atomic E-state index is 13.1. The predicted octanol–water partition coefficient (Wildman–Crippen LogP) is 1.93. The number of ketones is 1. The van der Waals surface area contributed by atoms with Crippen LogP contribution in [-0.2, 0) is 14.3 Å². The minimum atomic E-state index is -0.622. The molecular weight excluding hydrogens is 267 g/mol. The Labute approximate surface area is 115 Å². The van der Waals surface area contributed by atoms with Crippen LogP contribution in [0, 0.1) is 5.82 Å². The molecule has 20 heavy (non-hydrogen) atoms. The highest BCUT2D eigenvalue weighted by molar-refractivity contribution is 5.84. The second kappa shape index (κ2) is 8.04. The minimum absolute atomic E-state index is 0.00527. The van der Waals surface area contributed by atoms with Gasteiger partial charge >= 0.3 is 5.97 Å². The van der Waals surface area contributed by atoms with Crippen LogP contribution in [0.3, 0.4) is 0 Å². The summed E-state index contributed by atoms with van der Waals surface area (Å²) in [5, 5.41) is 0. The van der Waals surface area contributed by atoms with Gasteiger partial charge in [0.2, 0.25) is 0 Å². The SMILES string of the molecule is CCOC(=O)CCC(=O)COc1cc(F)cc(C=O)c1. The van der Waals surface area contributed by atoms with Gasteiger partial charge < -0.3 is 9.47 Å². The predicted molar refractivity (Wildman–Crippen MR) is 68.2 cm³/mol. The van der Waals surface area contributed by atoms with Crippen molar-refractivity contribution >= 4 is 18.0 Å². The first kappa shape index (κ1) is 15.8. The lowest BCUT2D eigenvalue weighted by molar-refractivity contribution is -0.144. The molecule has 0 atom stereocenters. The monoisotopic (exact) mass is 282 g/mol. The van der Waals surface area contributed by atoms with E-state index in [9.17, 15) is 18.8 Å². The zero-order valence-corrected chi connectivity index (χ0v) is 11.1. The summed E-state index contributed by atoms with van der Waals surface area (Å²) in [6.45, 7) is 1.65. The van der Waals surface area contributed by atoms with Crippen LogP contribution in [0.25, 0.3) is 0 Å². The maximum absolute atomic E-state index is 13.1. The highest BCUT2D eigenvalue weighted by Gasteiger charge is 2.09. The van der Waals surface area contributed by atoms with E-state index in [1.165, 1.54) is 6.07 Å². The summed E-state index contributed by atoms with van der Waals surface area (Å²) < 4.78 is 22.9. The molecule has 1 aromatic carbocycles. The van der Waals surface area contributed by atoms with E-state index in [1.54, 1.807) is 6.92 Å². The molecule has 0 radical (unpaired) electrons. The summed E-state index contributed by atoms with van der Waals surface area (Å²) in [5.41, 5.74) is 0.124. The molecule has 0 fully saturated rings. The van der Waals surface area contributed by atoms with Crippen LogP contribution in [0.4, 0.5) is 4.39 Å². The number of Topliss-reactive ketones (excluding diaryl/α,β-unsaturated/α-hetero) is 1. The number of esters is 1. The van der Waals surface area contributed by atoms with Gasteiger partial charge in [0.1, 0.15) is 24.5 Å². The number of carbonyl (C=O) groups excluding carboxylic acids is 3. The van der Waals surface area contributed by atoms with Crippen molar-refractivity contribution in [2.75, 3.05) is 13.2 Å². The fraction of sp³-hybridized carbons (Fsp3) is 0.357. The van der Waals surface area contributed by atoms with Crippen molar-refractivity contribution in [2.45, 2.75) is 19.8 Å². The van der Waals surface area contributed by atoms with Gasteiger partial charge in [-0.05, 0) is 19.1 Å². The quantitative estimate of drug-likeness (QED) is 0.538. The molecule has 0 N–H and O–H groups in total. The Morgan fingerprint density at radius 2 is 2.00 bits per heavy atom. The van der Waals surface area contributed by atoms with Gasteiger partial charge in [-0.15, -0.1) is 0 Å². The van der Waals surface area contributed by atoms with E-state index in [-0.39, 0.29) is 43.2 Å². The van der Waals surface area contributed by atoms with Crippen molar-refractivity contribution in [3.8, 4) is 5.75 Å². The molecule has 0 aliphatic carbocycles. The van der Waals surface area contributed by atoms with E-state index in [1.807, 2.05) is 0 Å². The van der Waals surface area contributed by atoms with Gasteiger partial charge in [-0.3, -0.25) is 14.4 Å². The number of hydrogen-bond acceptors (Lipinski definition) is 5. The summed E-state index contributed by atoms with van der Waals surface area (Å²) >= 11 is 0. The van der Waals surface area contributed by atoms with Crippen molar-refractivity contribution in [1.29, 1.82) is 0 Å². The topological polar surface area (TPSA) is 69.7 Å². The molecule has 0 saturated heterocycles. The van der Waals surface area contributed by atoms with Gasteiger partial charge in [0.05, 0.1) is 13.0 Å². The first-order valence-electron chi connectivity index (χ1n) is 6.11. The second-order valence-corrected chi connectivity index (χ2v) is 3.97. The Kier molecular flexibility index (Phi) is 6.36. The smallest absolute Gasteiger partial charge is 0.306 e. The average molecular weight is 282 g/mol. The van der Waals surface area contributed by atoms with Crippen LogP contribution < -0.4 is 4.74 Å². The summed E-state index contributed by atoms with van der Waals surface area (Å²) in [7, 11) is 0. The molecule has 0 aliphatic rings. The number of ether oxygens (including phenoxy) is 2. The van der Waals surface area contributed by atoms with Gasteiger partial charge in [-0.25, -0.2) is 4.39 Å². The molecule has 108 valence electrons. The third-order valence-electron chi connectivity index (χ3n) is 2.34. The van der Waals surface area contributed by atoms with Crippen LogP contribution in [0.1, 0.15) is 30.1 Å². The summed E-state index contributed by atoms with van der Waals surface area (Å²) in [6, 6.07) is 3.46. The van der Waals surface area contributed by atoms with E-state index in [2.05, 4.69) is 4.74 Å². The fourth-order valence-electron chi connectivity index (χ4n) is 1.45. The lowest BCUT2D eigenvalue weighted by Crippen LogP contribution is -2.14. The van der Waals surface area contributed by atoms with Gasteiger partial charge in [0.25, 0.3) is 0 Å². The number of carbonyl (C=O) groups is 3. The molecule has 0 spiro atoms. The number of benzene rings is 1. The Morgan fingerprint density at radius 3 is 2.65 bits per heavy atom. The van der Waals surface area contributed by atoms with Crippen LogP contribution in [0.2, 0.25) is 0 Å². The highest BCUT2D eigenvalue weighted by atomic mass is 19.1. The Balaban J connectivity index is 2.43. The zero-order chi connectivity index (χ0) is 15.0. The van der Waals surface area contributed by atoms with E-state index < -0.39 is 11.8 Å². The fourth-order valence-corrected chi connectivity index (χ4v) is 1.45. The van der Waals surface area contributed by atoms with Crippen molar-refractivity contribution in [3.05, 3.63) is 29.6 Å². The van der Waals surface area contributed by atoms with Crippen molar-refractivity contribution in [1.82, 2.24) is 0 Å². The van der Waals surface area contributed by atoms with Gasteiger partial charge in [0, 0.05) is 18.1 Å². The standard InChI is InChI=1S/C14H15FO5/c1-2-19-14(18)4-3-12(17)9-20-13-6-10(8-16)5-11(15)7-13/h5-8H,2-4,9H2,1H3. The molecule has 5 nitrogen and oxygen atoms in total. The largest absolute Gasteiger partial charge is 0.486 e. The van der Waals surface area contributed by atoms with Crippen LogP contribution in [0.15, 0.2) is 18.2 Å². The van der Waals surface area contributed by atoms with E-state index in [0.29, 0.717) is 6.29 Å². The summed E-state index contributed by atoms with van der Waals surface area (Å²) in [4.78, 5) is 33.1. The van der Waals surface area contributed by atoms with E-state index in [4.69, 9.17) is 4.74 Å². The molecular formula is C14H15FO5. The van der Waals surface area contributed by atoms with Crippen molar-refractivity contribution in [2.24, 2.45) is 0 Å². The molecule has 0 aromatic heterocycles. The van der Waals surface area contributed by atoms with Gasteiger partial charge in [-0.1, -0.05) is 0 Å². The minimum Gasteiger partial charge on any atom is -0.486 e. The Hall–Kier alpha value is -2.24. The number of rotatable bonds is 8. The third kappa shape index (κ3) is 5.60. The van der Waals surface area contributed by atoms with Gasteiger partial charge in [0.15, 0.2) is 5.78 Å². The summed E-state index contributed by atoms with van der Waals surface area (Å²) in [6.07, 6.45) is 0.464. The second-order valence-electron chi connectivity index (χ2n) is 3.97. The third-order valence-corrected chi connectivity index (χ3v) is 2.34. The molecule has 0 bridgehead atoms. The number of aldehydes is 1. The molecule has 1 aromatic rings. The Morgan fingerprint density at radius 1 is 1.25 bits per heavy atom. The number of hydrogen-bond donors (Lipinski definition) is 0. The molecule has 1 rings (SSSR count). The van der Waals surface area contributed by atoms with E-state index >= 15 is 0 Å². The molecule has 0 saturated carbocycles. The van der Waals surface area contributed by atoms with E-state index in [0.717, 1.165) is 12.1 Å². The molecule has 0 unspecified atom stereocenters. The average Bonchev–Trinajstić information content (AvgIpc) is 2.42.